The van der Waals surface area contributed by atoms with E-state index in [-0.39, 0.29) is 29.9 Å². The molecule has 0 saturated carbocycles. The van der Waals surface area contributed by atoms with E-state index in [2.05, 4.69) is 41.7 Å². The Bertz CT molecular complexity index is 531. The van der Waals surface area contributed by atoms with Gasteiger partial charge in [0.2, 0.25) is 0 Å². The normalized spacial score (nSPS) is 12.1. The second-order valence-corrected chi connectivity index (χ2v) is 6.27. The molecule has 1 aromatic carbocycles. The Hall–Kier alpha value is -1.31. The van der Waals surface area contributed by atoms with E-state index in [0.29, 0.717) is 18.0 Å². The summed E-state index contributed by atoms with van der Waals surface area (Å²) in [7, 11) is 1.64. The van der Waals surface area contributed by atoms with Crippen LogP contribution >= 0.6 is 24.0 Å². The number of guanidine groups is 1. The zero-order chi connectivity index (χ0) is 18.5. The molecule has 3 N–H and O–H groups in total. The van der Waals surface area contributed by atoms with Crippen molar-refractivity contribution in [2.24, 2.45) is 10.9 Å². The van der Waals surface area contributed by atoms with Gasteiger partial charge in [-0.25, -0.2) is 4.99 Å². The van der Waals surface area contributed by atoms with Crippen molar-refractivity contribution in [1.29, 1.82) is 0 Å². The number of unbranched alkanes of at least 4 members (excludes halogenated alkanes) is 1. The third-order valence-corrected chi connectivity index (χ3v) is 4.31. The number of amides is 1. The first kappa shape index (κ1) is 24.7. The summed E-state index contributed by atoms with van der Waals surface area (Å²) in [5.41, 5.74) is 1.75. The van der Waals surface area contributed by atoms with Gasteiger partial charge in [0.15, 0.2) is 5.96 Å². The van der Waals surface area contributed by atoms with E-state index in [9.17, 15) is 4.79 Å². The Morgan fingerprint density at radius 2 is 1.81 bits per heavy atom. The topological polar surface area (TPSA) is 65.5 Å². The van der Waals surface area contributed by atoms with Gasteiger partial charge in [0, 0.05) is 25.7 Å². The molecule has 0 aliphatic rings. The summed E-state index contributed by atoms with van der Waals surface area (Å²) in [4.78, 5) is 16.2. The van der Waals surface area contributed by atoms with E-state index < -0.39 is 0 Å². The van der Waals surface area contributed by atoms with Crippen LogP contribution in [0.4, 0.5) is 0 Å². The van der Waals surface area contributed by atoms with E-state index in [0.717, 1.165) is 24.6 Å². The van der Waals surface area contributed by atoms with Crippen LogP contribution in [0.2, 0.25) is 0 Å². The van der Waals surface area contributed by atoms with Crippen LogP contribution in [-0.2, 0) is 6.54 Å². The SMILES string of the molecule is CCCCC(CC)CNC(=NCc1ccc(C(=O)NC)cc1)NCC.I. The molecule has 0 aliphatic carbocycles. The van der Waals surface area contributed by atoms with Crippen LogP contribution in [0.25, 0.3) is 0 Å². The summed E-state index contributed by atoms with van der Waals surface area (Å²) < 4.78 is 0. The molecule has 1 aromatic rings. The highest BCUT2D eigenvalue weighted by molar-refractivity contribution is 14.0. The molecule has 1 atom stereocenters. The lowest BCUT2D eigenvalue weighted by atomic mass is 9.99. The Morgan fingerprint density at radius 3 is 2.35 bits per heavy atom. The van der Waals surface area contributed by atoms with Gasteiger partial charge in [-0.15, -0.1) is 24.0 Å². The summed E-state index contributed by atoms with van der Waals surface area (Å²) in [6.45, 7) is 8.95. The highest BCUT2D eigenvalue weighted by Crippen LogP contribution is 2.11. The summed E-state index contributed by atoms with van der Waals surface area (Å²) >= 11 is 0. The molecular weight excluding hydrogens is 439 g/mol. The molecule has 0 fully saturated rings. The molecule has 0 spiro atoms. The number of nitrogens with one attached hydrogen (secondary N) is 3. The average Bonchev–Trinajstić information content (AvgIpc) is 2.65. The quantitative estimate of drug-likeness (QED) is 0.274. The van der Waals surface area contributed by atoms with Crippen LogP contribution in [0, 0.1) is 5.92 Å². The van der Waals surface area contributed by atoms with Crippen molar-refractivity contribution in [2.75, 3.05) is 20.1 Å². The molecule has 26 heavy (non-hydrogen) atoms. The van der Waals surface area contributed by atoms with E-state index in [1.807, 2.05) is 24.3 Å². The lowest BCUT2D eigenvalue weighted by Crippen LogP contribution is -2.39. The molecule has 5 nitrogen and oxygen atoms in total. The summed E-state index contributed by atoms with van der Waals surface area (Å²) in [5, 5.41) is 9.39. The molecule has 0 aromatic heterocycles. The van der Waals surface area contributed by atoms with Gasteiger partial charge in [-0.3, -0.25) is 4.79 Å². The Morgan fingerprint density at radius 1 is 1.12 bits per heavy atom. The highest BCUT2D eigenvalue weighted by atomic mass is 127. The number of hydrogen-bond acceptors (Lipinski definition) is 2. The van der Waals surface area contributed by atoms with Gasteiger partial charge in [0.25, 0.3) is 5.91 Å². The van der Waals surface area contributed by atoms with Crippen molar-refractivity contribution in [3.8, 4) is 0 Å². The molecule has 1 rings (SSSR count). The lowest BCUT2D eigenvalue weighted by Gasteiger charge is -2.18. The Labute approximate surface area is 175 Å². The monoisotopic (exact) mass is 474 g/mol. The first-order chi connectivity index (χ1) is 12.1. The molecule has 0 heterocycles. The number of carbonyl (C=O) groups is 1. The molecule has 1 unspecified atom stereocenters. The van der Waals surface area contributed by atoms with Crippen molar-refractivity contribution >= 4 is 35.8 Å². The molecular formula is C20H35IN4O. The second kappa shape index (κ2) is 14.8. The minimum absolute atomic E-state index is 0. The first-order valence-corrected chi connectivity index (χ1v) is 9.47. The molecule has 0 radical (unpaired) electrons. The maximum absolute atomic E-state index is 11.6. The molecule has 0 bridgehead atoms. The van der Waals surface area contributed by atoms with Crippen molar-refractivity contribution < 1.29 is 4.79 Å². The molecule has 0 aliphatic heterocycles. The largest absolute Gasteiger partial charge is 0.357 e. The van der Waals surface area contributed by atoms with Gasteiger partial charge in [-0.05, 0) is 37.0 Å². The lowest BCUT2D eigenvalue weighted by molar-refractivity contribution is 0.0963. The van der Waals surface area contributed by atoms with Gasteiger partial charge in [-0.1, -0.05) is 45.2 Å². The minimum Gasteiger partial charge on any atom is -0.357 e. The van der Waals surface area contributed by atoms with Crippen LogP contribution in [-0.4, -0.2) is 32.0 Å². The van der Waals surface area contributed by atoms with E-state index >= 15 is 0 Å². The van der Waals surface area contributed by atoms with E-state index in [1.165, 1.54) is 25.7 Å². The fraction of sp³-hybridized carbons (Fsp3) is 0.600. The van der Waals surface area contributed by atoms with Crippen LogP contribution in [0.15, 0.2) is 29.3 Å². The van der Waals surface area contributed by atoms with E-state index in [4.69, 9.17) is 0 Å². The summed E-state index contributed by atoms with van der Waals surface area (Å²) in [6.07, 6.45) is 4.98. The van der Waals surface area contributed by atoms with Crippen LogP contribution in [0.3, 0.4) is 0 Å². The third kappa shape index (κ3) is 9.40. The standard InChI is InChI=1S/C20H34N4O.HI/c1-5-8-9-16(6-2)14-23-20(22-7-3)24-15-17-10-12-18(13-11-17)19(25)21-4;/h10-13,16H,5-9,14-15H2,1-4H3,(H,21,25)(H2,22,23,24);1H. The van der Waals surface area contributed by atoms with Gasteiger partial charge in [-0.2, -0.15) is 0 Å². The van der Waals surface area contributed by atoms with Gasteiger partial charge in [0.05, 0.1) is 6.54 Å². The number of carbonyl (C=O) groups excluding carboxylic acids is 1. The smallest absolute Gasteiger partial charge is 0.251 e. The summed E-state index contributed by atoms with van der Waals surface area (Å²) in [5.74, 6) is 1.48. The molecule has 0 saturated heterocycles. The maximum Gasteiger partial charge on any atom is 0.251 e. The predicted molar refractivity (Wildman–Crippen MR) is 121 cm³/mol. The zero-order valence-corrected chi connectivity index (χ0v) is 18.9. The Balaban J connectivity index is 0.00000625. The van der Waals surface area contributed by atoms with Gasteiger partial charge < -0.3 is 16.0 Å². The first-order valence-electron chi connectivity index (χ1n) is 9.47. The molecule has 6 heteroatoms. The highest BCUT2D eigenvalue weighted by Gasteiger charge is 2.07. The number of aliphatic imine (C=N–C) groups is 1. The predicted octanol–water partition coefficient (Wildman–Crippen LogP) is 3.94. The fourth-order valence-corrected chi connectivity index (χ4v) is 2.60. The molecule has 148 valence electrons. The number of rotatable bonds is 10. The molecule has 1 amide bonds. The van der Waals surface area contributed by atoms with Gasteiger partial charge >= 0.3 is 0 Å². The van der Waals surface area contributed by atoms with Crippen LogP contribution < -0.4 is 16.0 Å². The number of halogens is 1. The van der Waals surface area contributed by atoms with Gasteiger partial charge in [0.1, 0.15) is 0 Å². The minimum atomic E-state index is -0.0669. The van der Waals surface area contributed by atoms with Crippen molar-refractivity contribution in [3.05, 3.63) is 35.4 Å². The average molecular weight is 474 g/mol. The van der Waals surface area contributed by atoms with Crippen molar-refractivity contribution in [1.82, 2.24) is 16.0 Å². The maximum atomic E-state index is 11.6. The number of hydrogen-bond donors (Lipinski definition) is 3. The third-order valence-electron chi connectivity index (χ3n) is 4.31. The van der Waals surface area contributed by atoms with Crippen molar-refractivity contribution in [3.63, 3.8) is 0 Å². The Kier molecular flexibility index (Phi) is 14.1. The van der Waals surface area contributed by atoms with Crippen molar-refractivity contribution in [2.45, 2.75) is 53.0 Å². The number of nitrogens with zero attached hydrogens (tertiary/aromatic N) is 1. The zero-order valence-electron chi connectivity index (χ0n) is 16.6. The van der Waals surface area contributed by atoms with E-state index in [1.54, 1.807) is 7.05 Å². The number of benzene rings is 1. The van der Waals surface area contributed by atoms with Crippen LogP contribution in [0.1, 0.15) is 62.4 Å². The fourth-order valence-electron chi connectivity index (χ4n) is 2.60. The summed E-state index contributed by atoms with van der Waals surface area (Å²) in [6, 6.07) is 7.57. The van der Waals surface area contributed by atoms with Crippen LogP contribution in [0.5, 0.6) is 0 Å². The second-order valence-electron chi connectivity index (χ2n) is 6.27.